The van der Waals surface area contributed by atoms with E-state index in [-0.39, 0.29) is 40.7 Å². The van der Waals surface area contributed by atoms with Gasteiger partial charge in [-0.15, -0.1) is 0 Å². The maximum Gasteiger partial charge on any atom is 0.309 e. The lowest BCUT2D eigenvalue weighted by Gasteiger charge is -2.23. The molecule has 0 aliphatic heterocycles. The number of hydrogen-bond acceptors (Lipinski definition) is 4. The zero-order chi connectivity index (χ0) is 19.7. The maximum absolute atomic E-state index is 12.2. The van der Waals surface area contributed by atoms with Gasteiger partial charge >= 0.3 is 5.97 Å². The Balaban J connectivity index is 4.18. The topological polar surface area (TPSA) is 60.4 Å². The molecule has 0 saturated carbocycles. The molecular formula is C21H38O4. The molecule has 0 aromatic heterocycles. The minimum atomic E-state index is -0.389. The third kappa shape index (κ3) is 13.7. The van der Waals surface area contributed by atoms with E-state index in [4.69, 9.17) is 4.74 Å². The van der Waals surface area contributed by atoms with E-state index in [2.05, 4.69) is 20.8 Å². The van der Waals surface area contributed by atoms with E-state index < -0.39 is 0 Å². The van der Waals surface area contributed by atoms with Crippen molar-refractivity contribution in [2.24, 2.45) is 16.7 Å². The van der Waals surface area contributed by atoms with Crippen molar-refractivity contribution in [3.8, 4) is 0 Å². The Morgan fingerprint density at radius 1 is 0.800 bits per heavy atom. The third-order valence-electron chi connectivity index (χ3n) is 4.16. The fourth-order valence-corrected chi connectivity index (χ4v) is 2.95. The van der Waals surface area contributed by atoms with Crippen molar-refractivity contribution in [3.05, 3.63) is 0 Å². The van der Waals surface area contributed by atoms with E-state index in [0.717, 1.165) is 12.8 Å². The smallest absolute Gasteiger partial charge is 0.309 e. The molecule has 0 saturated heterocycles. The molecule has 0 rings (SSSR count). The summed E-state index contributed by atoms with van der Waals surface area (Å²) in [6, 6.07) is 0. The second-order valence-corrected chi connectivity index (χ2v) is 9.53. The molecule has 4 heteroatoms. The minimum Gasteiger partial charge on any atom is -0.469 e. The second-order valence-electron chi connectivity index (χ2n) is 9.53. The molecule has 4 nitrogen and oxygen atoms in total. The first kappa shape index (κ1) is 23.8. The summed E-state index contributed by atoms with van der Waals surface area (Å²) in [6.07, 6.45) is 4.77. The van der Waals surface area contributed by atoms with Crippen LogP contribution in [0.4, 0.5) is 0 Å². The molecular weight excluding hydrogens is 316 g/mol. The Labute approximate surface area is 154 Å². The molecule has 25 heavy (non-hydrogen) atoms. The van der Waals surface area contributed by atoms with Crippen LogP contribution in [0.1, 0.15) is 92.9 Å². The Bertz CT molecular complexity index is 438. The first-order chi connectivity index (χ1) is 11.3. The van der Waals surface area contributed by atoms with E-state index in [0.29, 0.717) is 32.1 Å². The van der Waals surface area contributed by atoms with Gasteiger partial charge in [0, 0.05) is 25.7 Å². The van der Waals surface area contributed by atoms with Crippen molar-refractivity contribution >= 4 is 17.5 Å². The molecule has 0 heterocycles. The van der Waals surface area contributed by atoms with Crippen LogP contribution in [0.25, 0.3) is 0 Å². The highest BCUT2D eigenvalue weighted by atomic mass is 16.5. The second kappa shape index (κ2) is 10.7. The van der Waals surface area contributed by atoms with Gasteiger partial charge in [0.25, 0.3) is 0 Å². The van der Waals surface area contributed by atoms with Gasteiger partial charge in [-0.1, -0.05) is 41.5 Å². The summed E-state index contributed by atoms with van der Waals surface area (Å²) in [5, 5.41) is 0. The molecule has 0 spiro atoms. The highest BCUT2D eigenvalue weighted by Crippen LogP contribution is 2.28. The minimum absolute atomic E-state index is 0.0395. The zero-order valence-electron chi connectivity index (χ0n) is 17.4. The number of hydrogen-bond donors (Lipinski definition) is 0. The number of carbonyl (C=O) groups is 3. The van der Waals surface area contributed by atoms with E-state index in [1.165, 1.54) is 7.11 Å². The number of rotatable bonds is 11. The third-order valence-corrected chi connectivity index (χ3v) is 4.16. The normalized spacial score (nSPS) is 13.4. The number of ketones is 2. The molecule has 0 aromatic rings. The molecule has 0 aliphatic carbocycles. The van der Waals surface area contributed by atoms with Crippen LogP contribution in [-0.4, -0.2) is 24.6 Å². The number of methoxy groups -OCH3 is 1. The molecule has 0 amide bonds. The molecule has 0 aliphatic rings. The molecule has 0 aromatic carbocycles. The van der Waals surface area contributed by atoms with Crippen LogP contribution in [0.2, 0.25) is 0 Å². The fourth-order valence-electron chi connectivity index (χ4n) is 2.95. The summed E-state index contributed by atoms with van der Waals surface area (Å²) in [5.41, 5.74) is 0.217. The van der Waals surface area contributed by atoms with Gasteiger partial charge in [0.1, 0.15) is 11.6 Å². The maximum atomic E-state index is 12.2. The molecule has 1 unspecified atom stereocenters. The van der Waals surface area contributed by atoms with Gasteiger partial charge in [-0.25, -0.2) is 0 Å². The van der Waals surface area contributed by atoms with Crippen LogP contribution in [0.3, 0.4) is 0 Å². The Hall–Kier alpha value is -1.19. The predicted molar refractivity (Wildman–Crippen MR) is 101 cm³/mol. The van der Waals surface area contributed by atoms with Crippen molar-refractivity contribution in [1.82, 2.24) is 0 Å². The average molecular weight is 355 g/mol. The highest BCUT2D eigenvalue weighted by molar-refractivity contribution is 5.85. The van der Waals surface area contributed by atoms with E-state index in [1.54, 1.807) is 0 Å². The van der Waals surface area contributed by atoms with Crippen molar-refractivity contribution in [2.45, 2.75) is 92.9 Å². The lowest BCUT2D eigenvalue weighted by atomic mass is 9.82. The van der Waals surface area contributed by atoms with Crippen LogP contribution in [0.5, 0.6) is 0 Å². The lowest BCUT2D eigenvalue weighted by Crippen LogP contribution is -2.25. The van der Waals surface area contributed by atoms with Crippen molar-refractivity contribution in [3.63, 3.8) is 0 Å². The number of Topliss-reactive ketones (excluding diaryl/α,β-unsaturated/α-hetero) is 2. The number of esters is 1. The van der Waals surface area contributed by atoms with Crippen molar-refractivity contribution in [1.29, 1.82) is 0 Å². The molecule has 1 atom stereocenters. The number of ether oxygens (including phenoxy) is 1. The van der Waals surface area contributed by atoms with Gasteiger partial charge in [0.05, 0.1) is 13.0 Å². The van der Waals surface area contributed by atoms with Crippen LogP contribution >= 0.6 is 0 Å². The predicted octanol–water partition coefficient (Wildman–Crippen LogP) is 5.13. The molecule has 146 valence electrons. The zero-order valence-corrected chi connectivity index (χ0v) is 17.4. The summed E-state index contributed by atoms with van der Waals surface area (Å²) in [7, 11) is 1.36. The monoisotopic (exact) mass is 354 g/mol. The summed E-state index contributed by atoms with van der Waals surface area (Å²) in [4.78, 5) is 35.9. The standard InChI is InChI=1S/C21H38O4/c1-20(2,3)13-9-12-17(22)10-8-11-18(23)14-16(19(24)25-7)15-21(4,5)6/h16H,8-15H2,1-7H3. The van der Waals surface area contributed by atoms with Crippen molar-refractivity contribution < 1.29 is 19.1 Å². The van der Waals surface area contributed by atoms with Crippen LogP contribution < -0.4 is 0 Å². The van der Waals surface area contributed by atoms with E-state index in [1.807, 2.05) is 20.8 Å². The van der Waals surface area contributed by atoms with Gasteiger partial charge in [0.15, 0.2) is 0 Å². The first-order valence-corrected chi connectivity index (χ1v) is 9.45. The Kier molecular flexibility index (Phi) is 10.2. The summed E-state index contributed by atoms with van der Waals surface area (Å²) >= 11 is 0. The van der Waals surface area contributed by atoms with Gasteiger partial charge < -0.3 is 4.74 Å². The van der Waals surface area contributed by atoms with Gasteiger partial charge in [-0.05, 0) is 36.5 Å². The highest BCUT2D eigenvalue weighted by Gasteiger charge is 2.27. The quantitative estimate of drug-likeness (QED) is 0.483. The first-order valence-electron chi connectivity index (χ1n) is 9.45. The van der Waals surface area contributed by atoms with E-state index in [9.17, 15) is 14.4 Å². The summed E-state index contributed by atoms with van der Waals surface area (Å²) < 4.78 is 4.83. The molecule has 0 radical (unpaired) electrons. The SMILES string of the molecule is COC(=O)C(CC(=O)CCCC(=O)CCCC(C)(C)C)CC(C)(C)C. The van der Waals surface area contributed by atoms with Crippen LogP contribution in [0, 0.1) is 16.7 Å². The largest absolute Gasteiger partial charge is 0.469 e. The average Bonchev–Trinajstić information content (AvgIpc) is 2.42. The Morgan fingerprint density at radius 3 is 1.80 bits per heavy atom. The lowest BCUT2D eigenvalue weighted by molar-refractivity contribution is -0.148. The molecule has 0 bridgehead atoms. The van der Waals surface area contributed by atoms with Crippen LogP contribution in [-0.2, 0) is 19.1 Å². The Morgan fingerprint density at radius 2 is 1.32 bits per heavy atom. The molecule has 0 fully saturated rings. The van der Waals surface area contributed by atoms with Gasteiger partial charge in [-0.3, -0.25) is 14.4 Å². The van der Waals surface area contributed by atoms with Gasteiger partial charge in [-0.2, -0.15) is 0 Å². The van der Waals surface area contributed by atoms with E-state index >= 15 is 0 Å². The molecule has 0 N–H and O–H groups in total. The number of carbonyl (C=O) groups excluding carboxylic acids is 3. The fraction of sp³-hybridized carbons (Fsp3) is 0.857. The van der Waals surface area contributed by atoms with Crippen LogP contribution in [0.15, 0.2) is 0 Å². The van der Waals surface area contributed by atoms with Crippen molar-refractivity contribution in [2.75, 3.05) is 7.11 Å². The summed E-state index contributed by atoms with van der Waals surface area (Å²) in [5.74, 6) is -0.431. The summed E-state index contributed by atoms with van der Waals surface area (Å²) in [6.45, 7) is 12.7. The van der Waals surface area contributed by atoms with Gasteiger partial charge in [0.2, 0.25) is 0 Å².